The average Bonchev–Trinajstić information content (AvgIpc) is 3.23. The number of nitrogens with one attached hydrogen (secondary N) is 1. The highest BCUT2D eigenvalue weighted by molar-refractivity contribution is 6.33. The predicted molar refractivity (Wildman–Crippen MR) is 113 cm³/mol. The van der Waals surface area contributed by atoms with Crippen molar-refractivity contribution in [3.63, 3.8) is 0 Å². The number of carbonyl (C=O) groups is 2. The van der Waals surface area contributed by atoms with Crippen molar-refractivity contribution in [3.8, 4) is 11.3 Å². The lowest BCUT2D eigenvalue weighted by Gasteiger charge is -2.14. The summed E-state index contributed by atoms with van der Waals surface area (Å²) >= 11 is 5.95. The van der Waals surface area contributed by atoms with Crippen LogP contribution in [0, 0.1) is 15.9 Å². The molecule has 9 nitrogen and oxygen atoms in total. The van der Waals surface area contributed by atoms with E-state index >= 15 is 0 Å². The molecule has 1 atom stereocenters. The van der Waals surface area contributed by atoms with Gasteiger partial charge in [0.1, 0.15) is 5.82 Å². The maximum atomic E-state index is 13.0. The van der Waals surface area contributed by atoms with E-state index in [1.807, 2.05) is 0 Å². The monoisotopic (exact) mass is 461 g/mol. The predicted octanol–water partition coefficient (Wildman–Crippen LogP) is 4.55. The van der Waals surface area contributed by atoms with Gasteiger partial charge in [0.25, 0.3) is 11.6 Å². The van der Waals surface area contributed by atoms with E-state index in [1.165, 1.54) is 37.4 Å². The van der Waals surface area contributed by atoms with Gasteiger partial charge in [-0.05, 0) is 37.3 Å². The summed E-state index contributed by atoms with van der Waals surface area (Å²) in [6.07, 6.45) is 0.327. The van der Waals surface area contributed by atoms with Gasteiger partial charge in [-0.25, -0.2) is 9.37 Å². The van der Waals surface area contributed by atoms with Crippen molar-refractivity contribution in [1.29, 1.82) is 0 Å². The number of oxazole rings is 1. The molecule has 1 N–H and O–H groups in total. The topological polar surface area (TPSA) is 125 Å². The number of non-ortho nitro benzene ring substituents is 1. The highest BCUT2D eigenvalue weighted by atomic mass is 35.5. The Hall–Kier alpha value is -3.79. The number of hydrogen-bond donors (Lipinski definition) is 1. The number of nitrogens with zero attached hydrogens (tertiary/aromatic N) is 2. The highest BCUT2D eigenvalue weighted by Crippen LogP contribution is 2.27. The molecule has 2 aromatic carbocycles. The van der Waals surface area contributed by atoms with Crippen LogP contribution in [0.4, 0.5) is 15.8 Å². The van der Waals surface area contributed by atoms with E-state index < -0.39 is 22.9 Å². The number of nitro groups is 1. The summed E-state index contributed by atoms with van der Waals surface area (Å²) in [5.74, 6) is -1.03. The molecular weight excluding hydrogens is 445 g/mol. The third-order valence-electron chi connectivity index (χ3n) is 4.32. The molecule has 11 heteroatoms. The summed E-state index contributed by atoms with van der Waals surface area (Å²) in [6.45, 7) is 1.36. The van der Waals surface area contributed by atoms with E-state index in [-0.39, 0.29) is 40.9 Å². The first-order valence-corrected chi connectivity index (χ1v) is 9.75. The average molecular weight is 462 g/mol. The van der Waals surface area contributed by atoms with Gasteiger partial charge in [-0.1, -0.05) is 11.6 Å². The third-order valence-corrected chi connectivity index (χ3v) is 4.65. The van der Waals surface area contributed by atoms with Crippen LogP contribution in [0.3, 0.4) is 0 Å². The number of carbonyl (C=O) groups excluding carboxylic acids is 2. The normalized spacial score (nSPS) is 11.6. The molecule has 0 saturated heterocycles. The van der Waals surface area contributed by atoms with Crippen LogP contribution in [0.25, 0.3) is 11.3 Å². The number of amides is 1. The third kappa shape index (κ3) is 5.88. The van der Waals surface area contributed by atoms with Gasteiger partial charge < -0.3 is 14.5 Å². The van der Waals surface area contributed by atoms with Gasteiger partial charge in [0.2, 0.25) is 0 Å². The van der Waals surface area contributed by atoms with E-state index in [2.05, 4.69) is 10.3 Å². The lowest BCUT2D eigenvalue weighted by atomic mass is 10.2. The van der Waals surface area contributed by atoms with Gasteiger partial charge in [-0.3, -0.25) is 19.7 Å². The first-order valence-electron chi connectivity index (χ1n) is 9.38. The Morgan fingerprint density at radius 1 is 1.28 bits per heavy atom. The number of rotatable bonds is 8. The van der Waals surface area contributed by atoms with Crippen LogP contribution in [0.15, 0.2) is 53.1 Å². The van der Waals surface area contributed by atoms with Crippen LogP contribution >= 0.6 is 11.6 Å². The number of aryl methyl sites for hydroxylation is 1. The Bertz CT molecular complexity index is 1150. The molecular formula is C21H17ClFN3O6. The number of esters is 1. The van der Waals surface area contributed by atoms with Gasteiger partial charge in [-0.15, -0.1) is 0 Å². The summed E-state index contributed by atoms with van der Waals surface area (Å²) in [5.41, 5.74) is 0.417. The van der Waals surface area contributed by atoms with Crippen molar-refractivity contribution in [2.75, 3.05) is 5.32 Å². The molecule has 1 heterocycles. The Morgan fingerprint density at radius 3 is 2.69 bits per heavy atom. The van der Waals surface area contributed by atoms with Crippen molar-refractivity contribution < 1.29 is 28.1 Å². The van der Waals surface area contributed by atoms with Gasteiger partial charge >= 0.3 is 5.97 Å². The maximum absolute atomic E-state index is 13.0. The van der Waals surface area contributed by atoms with Crippen LogP contribution in [0.2, 0.25) is 5.02 Å². The molecule has 1 unspecified atom stereocenters. The zero-order valence-electron chi connectivity index (χ0n) is 16.7. The van der Waals surface area contributed by atoms with E-state index in [9.17, 15) is 24.1 Å². The van der Waals surface area contributed by atoms with E-state index in [0.717, 1.165) is 6.07 Å². The number of anilines is 1. The maximum Gasteiger partial charge on any atom is 0.307 e. The fraction of sp³-hybridized carbons (Fsp3) is 0.190. The molecule has 0 spiro atoms. The Balaban J connectivity index is 1.52. The second-order valence-corrected chi connectivity index (χ2v) is 7.07. The smallest absolute Gasteiger partial charge is 0.307 e. The van der Waals surface area contributed by atoms with E-state index in [0.29, 0.717) is 11.3 Å². The second kappa shape index (κ2) is 10.0. The number of benzene rings is 2. The summed E-state index contributed by atoms with van der Waals surface area (Å²) in [7, 11) is 0. The zero-order valence-corrected chi connectivity index (χ0v) is 17.5. The summed E-state index contributed by atoms with van der Waals surface area (Å²) in [5, 5.41) is 13.4. The van der Waals surface area contributed by atoms with E-state index in [1.54, 1.807) is 12.1 Å². The van der Waals surface area contributed by atoms with Crippen molar-refractivity contribution in [1.82, 2.24) is 4.98 Å². The van der Waals surface area contributed by atoms with Crippen molar-refractivity contribution in [2.45, 2.75) is 25.9 Å². The van der Waals surface area contributed by atoms with Crippen LogP contribution in [0.1, 0.15) is 19.2 Å². The number of nitro benzene ring substituents is 1. The SMILES string of the molecule is CC(OC(=O)CCc1ncc(-c2ccc(F)cc2)o1)C(=O)Nc1cc([N+](=O)[O-])ccc1Cl. The molecule has 0 aliphatic rings. The van der Waals surface area contributed by atoms with Crippen molar-refractivity contribution in [2.24, 2.45) is 0 Å². The number of aromatic nitrogens is 1. The fourth-order valence-corrected chi connectivity index (χ4v) is 2.81. The van der Waals surface area contributed by atoms with E-state index in [4.69, 9.17) is 20.8 Å². The molecule has 1 aromatic heterocycles. The second-order valence-electron chi connectivity index (χ2n) is 6.67. The quantitative estimate of drug-likeness (QED) is 0.296. The molecule has 32 heavy (non-hydrogen) atoms. The molecule has 0 bridgehead atoms. The van der Waals surface area contributed by atoms with Gasteiger partial charge in [0.15, 0.2) is 17.8 Å². The largest absolute Gasteiger partial charge is 0.453 e. The van der Waals surface area contributed by atoms with Crippen molar-refractivity contribution >= 4 is 34.9 Å². The highest BCUT2D eigenvalue weighted by Gasteiger charge is 2.20. The standard InChI is InChI=1S/C21H17ClFN3O6/c1-12(21(28)25-17-10-15(26(29)30)6-7-16(17)22)31-20(27)9-8-19-24-11-18(32-19)13-2-4-14(23)5-3-13/h2-7,10-12H,8-9H2,1H3,(H,25,28). The minimum absolute atomic E-state index is 0.0295. The van der Waals surface area contributed by atoms with Crippen molar-refractivity contribution in [3.05, 3.63) is 75.5 Å². The Labute approximate surface area is 186 Å². The molecule has 0 saturated carbocycles. The first kappa shape index (κ1) is 22.9. The zero-order chi connectivity index (χ0) is 23.3. The summed E-state index contributed by atoms with van der Waals surface area (Å²) in [6, 6.07) is 9.26. The summed E-state index contributed by atoms with van der Waals surface area (Å²) in [4.78, 5) is 38.7. The van der Waals surface area contributed by atoms with Gasteiger partial charge in [0, 0.05) is 24.1 Å². The van der Waals surface area contributed by atoms with Crippen LogP contribution in [-0.4, -0.2) is 27.9 Å². The minimum atomic E-state index is -1.17. The fourth-order valence-electron chi connectivity index (χ4n) is 2.65. The Kier molecular flexibility index (Phi) is 7.16. The lowest BCUT2D eigenvalue weighted by Crippen LogP contribution is -2.30. The Morgan fingerprint density at radius 2 is 2.00 bits per heavy atom. The molecule has 0 fully saturated rings. The molecule has 0 aliphatic carbocycles. The van der Waals surface area contributed by atoms with Crippen LogP contribution in [-0.2, 0) is 20.7 Å². The first-order chi connectivity index (χ1) is 15.2. The minimum Gasteiger partial charge on any atom is -0.453 e. The van der Waals surface area contributed by atoms with Gasteiger partial charge in [0.05, 0.1) is 28.3 Å². The van der Waals surface area contributed by atoms with Gasteiger partial charge in [-0.2, -0.15) is 0 Å². The van der Waals surface area contributed by atoms with Crippen LogP contribution < -0.4 is 5.32 Å². The number of hydrogen-bond acceptors (Lipinski definition) is 7. The molecule has 0 aliphatic heterocycles. The molecule has 3 rings (SSSR count). The van der Waals surface area contributed by atoms with Crippen LogP contribution in [0.5, 0.6) is 0 Å². The molecule has 0 radical (unpaired) electrons. The molecule has 1 amide bonds. The molecule has 166 valence electrons. The summed E-state index contributed by atoms with van der Waals surface area (Å²) < 4.78 is 23.6. The molecule has 3 aromatic rings. The number of ether oxygens (including phenoxy) is 1. The number of halogens is 2. The lowest BCUT2D eigenvalue weighted by molar-refractivity contribution is -0.384.